The number of sulfonamides is 1. The fourth-order valence-corrected chi connectivity index (χ4v) is 3.47. The Morgan fingerprint density at radius 1 is 1.20 bits per heavy atom. The highest BCUT2D eigenvalue weighted by Gasteiger charge is 2.21. The number of benzene rings is 1. The van der Waals surface area contributed by atoms with Gasteiger partial charge in [0.15, 0.2) is 11.5 Å². The predicted octanol–water partition coefficient (Wildman–Crippen LogP) is 0.692. The Morgan fingerprint density at radius 3 is 2.65 bits per heavy atom. The molecule has 1 aromatic heterocycles. The molecule has 2 aromatic rings. The molecule has 1 aliphatic heterocycles. The van der Waals surface area contributed by atoms with E-state index >= 15 is 0 Å². The number of nitrogens with one attached hydrogen (secondary N) is 1. The first kappa shape index (κ1) is 12.9. The maximum atomic E-state index is 12.1. The smallest absolute Gasteiger partial charge is 0.291 e. The summed E-state index contributed by atoms with van der Waals surface area (Å²) < 4.78 is 37.0. The molecule has 10 heteroatoms. The molecule has 0 radical (unpaired) electrons. The summed E-state index contributed by atoms with van der Waals surface area (Å²) >= 11 is 0.792. The summed E-state index contributed by atoms with van der Waals surface area (Å²) in [4.78, 5) is 0. The average molecular weight is 314 g/mol. The number of nitrogen functional groups attached to an aromatic ring is 1. The average Bonchev–Trinajstić information content (AvgIpc) is 2.86. The molecule has 0 unspecified atom stereocenters. The summed E-state index contributed by atoms with van der Waals surface area (Å²) in [5.41, 5.74) is 5.73. The molecule has 1 aromatic carbocycles. The SMILES string of the molecule is Nc1nnc(S(=O)(=O)Nc2ccc3c(c2)OCCO3)s1. The lowest BCUT2D eigenvalue weighted by Crippen LogP contribution is -2.16. The molecule has 8 nitrogen and oxygen atoms in total. The van der Waals surface area contributed by atoms with Gasteiger partial charge in [-0.15, -0.1) is 10.2 Å². The Kier molecular flexibility index (Phi) is 3.10. The molecule has 0 saturated carbocycles. The van der Waals surface area contributed by atoms with Gasteiger partial charge in [0.1, 0.15) is 13.2 Å². The molecular formula is C10H10N4O4S2. The molecule has 0 fully saturated rings. The van der Waals surface area contributed by atoms with Gasteiger partial charge in [0.05, 0.1) is 5.69 Å². The topological polar surface area (TPSA) is 116 Å². The second-order valence-electron chi connectivity index (χ2n) is 3.87. The lowest BCUT2D eigenvalue weighted by molar-refractivity contribution is 0.171. The van der Waals surface area contributed by atoms with Crippen LogP contribution in [0.1, 0.15) is 0 Å². The number of nitrogens with two attached hydrogens (primary N) is 1. The number of fused-ring (bicyclic) bond motifs is 1. The molecule has 3 N–H and O–H groups in total. The van der Waals surface area contributed by atoms with E-state index in [9.17, 15) is 8.42 Å². The fourth-order valence-electron chi connectivity index (χ4n) is 1.63. The van der Waals surface area contributed by atoms with E-state index in [1.54, 1.807) is 18.2 Å². The van der Waals surface area contributed by atoms with Crippen molar-refractivity contribution in [3.05, 3.63) is 18.2 Å². The van der Waals surface area contributed by atoms with Gasteiger partial charge in [-0.3, -0.25) is 4.72 Å². The van der Waals surface area contributed by atoms with Gasteiger partial charge in [0, 0.05) is 6.07 Å². The highest BCUT2D eigenvalue weighted by molar-refractivity contribution is 7.94. The van der Waals surface area contributed by atoms with E-state index in [-0.39, 0.29) is 9.47 Å². The first-order valence-corrected chi connectivity index (χ1v) is 7.86. The molecule has 3 rings (SSSR count). The molecule has 2 heterocycles. The van der Waals surface area contributed by atoms with Gasteiger partial charge >= 0.3 is 0 Å². The van der Waals surface area contributed by atoms with Crippen LogP contribution in [0.15, 0.2) is 22.5 Å². The van der Waals surface area contributed by atoms with Crippen molar-refractivity contribution in [2.75, 3.05) is 23.7 Å². The van der Waals surface area contributed by atoms with Crippen molar-refractivity contribution >= 4 is 32.2 Å². The van der Waals surface area contributed by atoms with Crippen LogP contribution in [0.3, 0.4) is 0 Å². The second kappa shape index (κ2) is 4.80. The van der Waals surface area contributed by atoms with Crippen molar-refractivity contribution in [1.82, 2.24) is 10.2 Å². The third-order valence-electron chi connectivity index (χ3n) is 2.45. The van der Waals surface area contributed by atoms with Crippen molar-refractivity contribution < 1.29 is 17.9 Å². The summed E-state index contributed by atoms with van der Waals surface area (Å²) in [6.07, 6.45) is 0. The zero-order valence-corrected chi connectivity index (χ0v) is 11.7. The Morgan fingerprint density at radius 2 is 1.95 bits per heavy atom. The molecule has 0 atom stereocenters. The maximum Gasteiger partial charge on any atom is 0.291 e. The molecule has 0 aliphatic carbocycles. The molecule has 106 valence electrons. The van der Waals surface area contributed by atoms with Crippen LogP contribution >= 0.6 is 11.3 Å². The highest BCUT2D eigenvalue weighted by Crippen LogP contribution is 2.33. The van der Waals surface area contributed by atoms with Crippen LogP contribution in [0.4, 0.5) is 10.8 Å². The van der Waals surface area contributed by atoms with Crippen molar-refractivity contribution in [2.45, 2.75) is 4.34 Å². The summed E-state index contributed by atoms with van der Waals surface area (Å²) in [6.45, 7) is 0.901. The standard InChI is InChI=1S/C10H10N4O4S2/c11-9-12-13-10(19-9)20(15,16)14-6-1-2-7-8(5-6)18-4-3-17-7/h1-2,5,14H,3-4H2,(H2,11,12). The normalized spacial score (nSPS) is 14.0. The van der Waals surface area contributed by atoms with E-state index in [0.29, 0.717) is 30.4 Å². The number of rotatable bonds is 3. The molecule has 1 aliphatic rings. The second-order valence-corrected chi connectivity index (χ2v) is 6.74. The number of aromatic nitrogens is 2. The molecule has 0 saturated heterocycles. The van der Waals surface area contributed by atoms with Gasteiger partial charge < -0.3 is 15.2 Å². The van der Waals surface area contributed by atoms with Gasteiger partial charge in [-0.25, -0.2) is 0 Å². The first-order chi connectivity index (χ1) is 9.54. The number of ether oxygens (including phenoxy) is 2. The highest BCUT2D eigenvalue weighted by atomic mass is 32.2. The van der Waals surface area contributed by atoms with Crippen molar-refractivity contribution in [1.29, 1.82) is 0 Å². The number of hydrogen-bond donors (Lipinski definition) is 2. The van der Waals surface area contributed by atoms with E-state index < -0.39 is 10.0 Å². The summed E-state index contributed by atoms with van der Waals surface area (Å²) in [5.74, 6) is 1.08. The van der Waals surface area contributed by atoms with E-state index in [1.165, 1.54) is 0 Å². The Bertz CT molecular complexity index is 743. The van der Waals surface area contributed by atoms with E-state index in [0.717, 1.165) is 11.3 Å². The third-order valence-corrected chi connectivity index (χ3v) is 4.95. The van der Waals surface area contributed by atoms with E-state index in [4.69, 9.17) is 15.2 Å². The first-order valence-electron chi connectivity index (χ1n) is 5.56. The van der Waals surface area contributed by atoms with E-state index in [2.05, 4.69) is 14.9 Å². The molecule has 20 heavy (non-hydrogen) atoms. The fraction of sp³-hybridized carbons (Fsp3) is 0.200. The molecule has 0 bridgehead atoms. The van der Waals surface area contributed by atoms with Crippen molar-refractivity contribution in [2.24, 2.45) is 0 Å². The number of hydrogen-bond acceptors (Lipinski definition) is 8. The van der Waals surface area contributed by atoms with Gasteiger partial charge in [-0.05, 0) is 12.1 Å². The van der Waals surface area contributed by atoms with Gasteiger partial charge in [0.25, 0.3) is 14.4 Å². The number of nitrogens with zero attached hydrogens (tertiary/aromatic N) is 2. The van der Waals surface area contributed by atoms with Crippen molar-refractivity contribution in [3.63, 3.8) is 0 Å². The Hall–Kier alpha value is -2.07. The zero-order valence-electron chi connectivity index (χ0n) is 10.1. The summed E-state index contributed by atoms with van der Waals surface area (Å²) in [5, 5.41) is 7.08. The van der Waals surface area contributed by atoms with Crippen LogP contribution in [-0.4, -0.2) is 31.8 Å². The summed E-state index contributed by atoms with van der Waals surface area (Å²) in [7, 11) is -3.80. The van der Waals surface area contributed by atoms with E-state index in [1.807, 2.05) is 0 Å². The largest absolute Gasteiger partial charge is 0.486 e. The quantitative estimate of drug-likeness (QED) is 0.856. The minimum atomic E-state index is -3.80. The summed E-state index contributed by atoms with van der Waals surface area (Å²) in [6, 6.07) is 4.77. The van der Waals surface area contributed by atoms with Gasteiger partial charge in [-0.2, -0.15) is 8.42 Å². The van der Waals surface area contributed by atoms with Crippen LogP contribution in [0.2, 0.25) is 0 Å². The van der Waals surface area contributed by atoms with Gasteiger partial charge in [-0.1, -0.05) is 11.3 Å². The zero-order chi connectivity index (χ0) is 14.2. The Labute approximate surface area is 118 Å². The molecule has 0 amide bonds. The van der Waals surface area contributed by atoms with Crippen LogP contribution in [0, 0.1) is 0 Å². The lowest BCUT2D eigenvalue weighted by atomic mass is 10.3. The van der Waals surface area contributed by atoms with Crippen molar-refractivity contribution in [3.8, 4) is 11.5 Å². The molecular weight excluding hydrogens is 304 g/mol. The number of anilines is 2. The van der Waals surface area contributed by atoms with Crippen LogP contribution < -0.4 is 19.9 Å². The lowest BCUT2D eigenvalue weighted by Gasteiger charge is -2.18. The monoisotopic (exact) mass is 314 g/mol. The van der Waals surface area contributed by atoms with Crippen LogP contribution in [0.5, 0.6) is 11.5 Å². The maximum absolute atomic E-state index is 12.1. The van der Waals surface area contributed by atoms with Gasteiger partial charge in [0.2, 0.25) is 5.13 Å². The minimum Gasteiger partial charge on any atom is -0.486 e. The molecule has 0 spiro atoms. The third kappa shape index (κ3) is 2.47. The van der Waals surface area contributed by atoms with Crippen LogP contribution in [0.25, 0.3) is 0 Å². The Balaban J connectivity index is 1.87. The predicted molar refractivity (Wildman–Crippen MR) is 72.6 cm³/mol. The van der Waals surface area contributed by atoms with Crippen LogP contribution in [-0.2, 0) is 10.0 Å². The minimum absolute atomic E-state index is 0.0903.